The van der Waals surface area contributed by atoms with Crippen LogP contribution in [0.2, 0.25) is 0 Å². The third-order valence-electron chi connectivity index (χ3n) is 3.23. The van der Waals surface area contributed by atoms with Gasteiger partial charge in [0.25, 0.3) is 0 Å². The normalized spacial score (nSPS) is 11.5. The van der Waals surface area contributed by atoms with Gasteiger partial charge in [-0.25, -0.2) is 0 Å². The molecule has 0 saturated heterocycles. The summed E-state index contributed by atoms with van der Waals surface area (Å²) in [6.07, 6.45) is 5.98. The molecule has 0 N–H and O–H groups in total. The summed E-state index contributed by atoms with van der Waals surface area (Å²) in [5.41, 5.74) is 2.86. The summed E-state index contributed by atoms with van der Waals surface area (Å²) in [6.45, 7) is 5.11. The molecule has 0 radical (unpaired) electrons. The molecular formula is C18H20N2O2. The Morgan fingerprint density at radius 1 is 1.18 bits per heavy atom. The van der Waals surface area contributed by atoms with Crippen molar-refractivity contribution in [3.63, 3.8) is 0 Å². The van der Waals surface area contributed by atoms with Crippen molar-refractivity contribution in [2.24, 2.45) is 0 Å². The number of rotatable bonds is 7. The largest absolute Gasteiger partial charge is 0.381 e. The van der Waals surface area contributed by atoms with E-state index in [0.717, 1.165) is 17.8 Å². The lowest BCUT2D eigenvalue weighted by molar-refractivity contribution is 0.103. The zero-order valence-electron chi connectivity index (χ0n) is 13.0. The second-order valence-electron chi connectivity index (χ2n) is 4.85. The maximum absolute atomic E-state index is 12.3. The third kappa shape index (κ3) is 4.33. The van der Waals surface area contributed by atoms with Crippen LogP contribution in [-0.2, 0) is 4.74 Å². The number of carbonyl (C=O) groups excluding carboxylic acids is 1. The first-order chi connectivity index (χ1) is 10.7. The highest BCUT2D eigenvalue weighted by Crippen LogP contribution is 2.15. The van der Waals surface area contributed by atoms with Crippen LogP contribution in [0.1, 0.15) is 30.6 Å². The van der Waals surface area contributed by atoms with Gasteiger partial charge in [-0.1, -0.05) is 12.1 Å². The summed E-state index contributed by atoms with van der Waals surface area (Å²) in [5, 5.41) is 0. The van der Waals surface area contributed by atoms with Crippen molar-refractivity contribution in [1.82, 2.24) is 9.97 Å². The number of pyridine rings is 2. The van der Waals surface area contributed by atoms with Gasteiger partial charge >= 0.3 is 0 Å². The summed E-state index contributed by atoms with van der Waals surface area (Å²) in [7, 11) is 0. The van der Waals surface area contributed by atoms with Crippen molar-refractivity contribution in [3.8, 4) is 11.4 Å². The minimum absolute atomic E-state index is 0.00318. The van der Waals surface area contributed by atoms with E-state index in [9.17, 15) is 4.79 Å². The highest BCUT2D eigenvalue weighted by molar-refractivity contribution is 6.08. The second kappa shape index (κ2) is 8.20. The molecule has 4 nitrogen and oxygen atoms in total. The van der Waals surface area contributed by atoms with Crippen molar-refractivity contribution in [2.45, 2.75) is 20.3 Å². The Labute approximate surface area is 130 Å². The van der Waals surface area contributed by atoms with Crippen molar-refractivity contribution < 1.29 is 9.53 Å². The predicted molar refractivity (Wildman–Crippen MR) is 86.7 cm³/mol. The van der Waals surface area contributed by atoms with Crippen LogP contribution in [0.3, 0.4) is 0 Å². The molecule has 114 valence electrons. The number of aromatic nitrogens is 2. The molecule has 0 atom stereocenters. The summed E-state index contributed by atoms with van der Waals surface area (Å²) in [6, 6.07) is 9.27. The zero-order chi connectivity index (χ0) is 15.8. The van der Waals surface area contributed by atoms with E-state index in [1.165, 1.54) is 0 Å². The van der Waals surface area contributed by atoms with E-state index in [2.05, 4.69) is 9.97 Å². The van der Waals surface area contributed by atoms with Crippen LogP contribution in [0.15, 0.2) is 54.4 Å². The fraction of sp³-hybridized carbons (Fsp3) is 0.278. The first kappa shape index (κ1) is 16.0. The molecule has 0 aliphatic rings. The lowest BCUT2D eigenvalue weighted by Gasteiger charge is -2.04. The van der Waals surface area contributed by atoms with E-state index in [1.54, 1.807) is 18.5 Å². The van der Waals surface area contributed by atoms with Gasteiger partial charge in [0, 0.05) is 24.6 Å². The van der Waals surface area contributed by atoms with E-state index in [0.29, 0.717) is 24.4 Å². The fourth-order valence-electron chi connectivity index (χ4n) is 2.02. The van der Waals surface area contributed by atoms with E-state index in [-0.39, 0.29) is 5.78 Å². The van der Waals surface area contributed by atoms with E-state index < -0.39 is 0 Å². The van der Waals surface area contributed by atoms with Crippen LogP contribution in [0.4, 0.5) is 0 Å². The Morgan fingerprint density at radius 2 is 2.00 bits per heavy atom. The first-order valence-corrected chi connectivity index (χ1v) is 7.39. The van der Waals surface area contributed by atoms with E-state index >= 15 is 0 Å². The minimum Gasteiger partial charge on any atom is -0.381 e. The Morgan fingerprint density at radius 3 is 2.64 bits per heavy atom. The first-order valence-electron chi connectivity index (χ1n) is 7.39. The monoisotopic (exact) mass is 296 g/mol. The molecule has 0 saturated carbocycles. The van der Waals surface area contributed by atoms with Crippen LogP contribution in [0.5, 0.6) is 0 Å². The van der Waals surface area contributed by atoms with Crippen molar-refractivity contribution in [3.05, 3.63) is 59.9 Å². The molecule has 0 fully saturated rings. The summed E-state index contributed by atoms with van der Waals surface area (Å²) in [4.78, 5) is 20.9. The van der Waals surface area contributed by atoms with Crippen LogP contribution in [-0.4, -0.2) is 29.0 Å². The van der Waals surface area contributed by atoms with Gasteiger partial charge in [-0.2, -0.15) is 0 Å². The summed E-state index contributed by atoms with van der Waals surface area (Å²) >= 11 is 0. The van der Waals surface area contributed by atoms with Gasteiger partial charge in [0.1, 0.15) is 0 Å². The number of Topliss-reactive ketones (excluding diaryl/α,β-unsaturated/α-hetero) is 1. The Balaban J connectivity index is 2.05. The zero-order valence-corrected chi connectivity index (χ0v) is 13.0. The number of hydrogen-bond acceptors (Lipinski definition) is 4. The Hall–Kier alpha value is -2.33. The third-order valence-corrected chi connectivity index (χ3v) is 3.23. The minimum atomic E-state index is -0.00318. The lowest BCUT2D eigenvalue weighted by Crippen LogP contribution is -2.02. The molecule has 0 bridgehead atoms. The number of hydrogen-bond donors (Lipinski definition) is 0. The van der Waals surface area contributed by atoms with E-state index in [4.69, 9.17) is 4.74 Å². The quantitative estimate of drug-likeness (QED) is 0.444. The molecule has 0 spiro atoms. The maximum Gasteiger partial charge on any atom is 0.189 e. The molecule has 0 aliphatic carbocycles. The van der Waals surface area contributed by atoms with Crippen molar-refractivity contribution in [1.29, 1.82) is 0 Å². The SMILES string of the molecule is CCOCC/C=C(/C)C(=O)c1ccc(-c2ccccn2)nc1. The topological polar surface area (TPSA) is 52.1 Å². The molecular weight excluding hydrogens is 276 g/mol. The van der Waals surface area contributed by atoms with Gasteiger partial charge in [-0.3, -0.25) is 14.8 Å². The maximum atomic E-state index is 12.3. The number of nitrogens with zero attached hydrogens (tertiary/aromatic N) is 2. The van der Waals surface area contributed by atoms with Gasteiger partial charge in [0.2, 0.25) is 0 Å². The molecule has 22 heavy (non-hydrogen) atoms. The lowest BCUT2D eigenvalue weighted by atomic mass is 10.1. The molecule has 2 rings (SSSR count). The van der Waals surface area contributed by atoms with Crippen molar-refractivity contribution >= 4 is 5.78 Å². The molecule has 0 amide bonds. The smallest absolute Gasteiger partial charge is 0.189 e. The molecule has 4 heteroatoms. The van der Waals surface area contributed by atoms with E-state index in [1.807, 2.05) is 44.2 Å². The summed E-state index contributed by atoms with van der Waals surface area (Å²) in [5.74, 6) is -0.00318. The number of allylic oxidation sites excluding steroid dienone is 1. The highest BCUT2D eigenvalue weighted by atomic mass is 16.5. The van der Waals surface area contributed by atoms with Gasteiger partial charge in [-0.15, -0.1) is 0 Å². The average Bonchev–Trinajstić information content (AvgIpc) is 2.59. The Kier molecular flexibility index (Phi) is 5.98. The molecule has 0 aliphatic heterocycles. The Bertz CT molecular complexity index is 634. The average molecular weight is 296 g/mol. The van der Waals surface area contributed by atoms with Crippen LogP contribution < -0.4 is 0 Å². The number of ketones is 1. The molecule has 2 aromatic rings. The highest BCUT2D eigenvalue weighted by Gasteiger charge is 2.09. The predicted octanol–water partition coefficient (Wildman–Crippen LogP) is 3.70. The second-order valence-corrected chi connectivity index (χ2v) is 4.85. The molecule has 2 heterocycles. The van der Waals surface area contributed by atoms with Gasteiger partial charge in [-0.05, 0) is 50.1 Å². The van der Waals surface area contributed by atoms with Crippen molar-refractivity contribution in [2.75, 3.05) is 13.2 Å². The number of carbonyl (C=O) groups is 1. The van der Waals surface area contributed by atoms with Crippen LogP contribution in [0.25, 0.3) is 11.4 Å². The molecule has 2 aromatic heterocycles. The van der Waals surface area contributed by atoms with Crippen LogP contribution >= 0.6 is 0 Å². The molecule has 0 aromatic carbocycles. The fourth-order valence-corrected chi connectivity index (χ4v) is 2.02. The number of ether oxygens (including phenoxy) is 1. The standard InChI is InChI=1S/C18H20N2O2/c1-3-22-12-6-7-14(2)18(21)15-9-10-17(20-13-15)16-8-4-5-11-19-16/h4-5,7-11,13H,3,6,12H2,1-2H3/b14-7-. The van der Waals surface area contributed by atoms with Gasteiger partial charge in [0.15, 0.2) is 5.78 Å². The molecule has 0 unspecified atom stereocenters. The summed E-state index contributed by atoms with van der Waals surface area (Å²) < 4.78 is 5.26. The van der Waals surface area contributed by atoms with Gasteiger partial charge in [0.05, 0.1) is 18.0 Å². The van der Waals surface area contributed by atoms with Crippen LogP contribution in [0, 0.1) is 0 Å². The van der Waals surface area contributed by atoms with Gasteiger partial charge < -0.3 is 4.74 Å².